The van der Waals surface area contributed by atoms with E-state index in [-0.39, 0.29) is 0 Å². The molecule has 0 fully saturated rings. The zero-order valence-electron chi connectivity index (χ0n) is 28.5. The second-order valence-electron chi connectivity index (χ2n) is 13.4. The minimum atomic E-state index is 1.10. The van der Waals surface area contributed by atoms with Crippen LogP contribution in [-0.2, 0) is 0 Å². The molecule has 2 nitrogen and oxygen atoms in total. The van der Waals surface area contributed by atoms with Crippen molar-refractivity contribution in [3.63, 3.8) is 0 Å². The molecule has 10 rings (SSSR count). The lowest BCUT2D eigenvalue weighted by atomic mass is 10.0. The Kier molecular flexibility index (Phi) is 7.18. The molecule has 1 aromatic heterocycles. The zero-order chi connectivity index (χ0) is 34.4. The van der Waals surface area contributed by atoms with Gasteiger partial charge in [-0.3, -0.25) is 0 Å². The smallest absolute Gasteiger partial charge is 0.0547 e. The first-order valence-corrected chi connectivity index (χ1v) is 17.8. The maximum Gasteiger partial charge on any atom is 0.0547 e. The highest BCUT2D eigenvalue weighted by molar-refractivity contribution is 6.13. The fourth-order valence-electron chi connectivity index (χ4n) is 7.76. The maximum absolute atomic E-state index is 2.40. The summed E-state index contributed by atoms with van der Waals surface area (Å²) in [6.45, 7) is 0. The van der Waals surface area contributed by atoms with Gasteiger partial charge in [0.1, 0.15) is 0 Å². The number of para-hydroxylation sites is 1. The number of aromatic nitrogens is 1. The second kappa shape index (κ2) is 12.5. The van der Waals surface area contributed by atoms with Crippen molar-refractivity contribution in [3.05, 3.63) is 206 Å². The molecule has 1 heterocycles. The van der Waals surface area contributed by atoms with Gasteiger partial charge in [0.2, 0.25) is 0 Å². The average molecular weight is 663 g/mol. The van der Waals surface area contributed by atoms with Crippen LogP contribution in [0.1, 0.15) is 0 Å². The standard InChI is InChI=1S/C50H34N2/c1-2-11-35(12-3-1)37-23-25-43(26-24-37)51(46-18-10-17-39(32-46)42-22-21-36-13-4-5-14-38(36)31-42)44-27-29-45(30-28-44)52-49-20-9-8-19-47(49)48-33-40-15-6-7-16-41(40)34-50(48)52/h1-34H. The molecular weight excluding hydrogens is 629 g/mol. The number of rotatable bonds is 6. The molecule has 0 N–H and O–H groups in total. The van der Waals surface area contributed by atoms with Crippen LogP contribution in [0, 0.1) is 0 Å². The fraction of sp³-hybridized carbons (Fsp3) is 0. The van der Waals surface area contributed by atoms with Crippen molar-refractivity contribution in [2.75, 3.05) is 4.90 Å². The molecule has 0 radical (unpaired) electrons. The first kappa shape index (κ1) is 30.0. The molecule has 0 aliphatic carbocycles. The molecular formula is C50H34N2. The zero-order valence-corrected chi connectivity index (χ0v) is 28.5. The van der Waals surface area contributed by atoms with E-state index >= 15 is 0 Å². The van der Waals surface area contributed by atoms with E-state index in [9.17, 15) is 0 Å². The summed E-state index contributed by atoms with van der Waals surface area (Å²) in [6, 6.07) is 74.7. The van der Waals surface area contributed by atoms with E-state index in [4.69, 9.17) is 0 Å². The summed E-state index contributed by atoms with van der Waals surface area (Å²) < 4.78 is 2.40. The Morgan fingerprint density at radius 3 is 1.62 bits per heavy atom. The molecule has 52 heavy (non-hydrogen) atoms. The molecule has 244 valence electrons. The van der Waals surface area contributed by atoms with Gasteiger partial charge in [0.15, 0.2) is 0 Å². The van der Waals surface area contributed by atoms with Gasteiger partial charge >= 0.3 is 0 Å². The van der Waals surface area contributed by atoms with E-state index in [1.807, 2.05) is 0 Å². The normalized spacial score (nSPS) is 11.5. The van der Waals surface area contributed by atoms with E-state index < -0.39 is 0 Å². The lowest BCUT2D eigenvalue weighted by Crippen LogP contribution is -2.10. The van der Waals surface area contributed by atoms with Crippen molar-refractivity contribution in [3.8, 4) is 27.9 Å². The summed E-state index contributed by atoms with van der Waals surface area (Å²) in [5, 5.41) is 7.52. The van der Waals surface area contributed by atoms with Gasteiger partial charge in [-0.05, 0) is 117 Å². The number of hydrogen-bond acceptors (Lipinski definition) is 1. The van der Waals surface area contributed by atoms with Crippen molar-refractivity contribution < 1.29 is 0 Å². The van der Waals surface area contributed by atoms with Crippen LogP contribution in [0.5, 0.6) is 0 Å². The molecule has 0 saturated heterocycles. The highest BCUT2D eigenvalue weighted by Gasteiger charge is 2.17. The van der Waals surface area contributed by atoms with E-state index in [0.717, 1.165) is 22.7 Å². The second-order valence-corrected chi connectivity index (χ2v) is 13.4. The Morgan fingerprint density at radius 2 is 0.846 bits per heavy atom. The predicted molar refractivity (Wildman–Crippen MR) is 221 cm³/mol. The third-order valence-corrected chi connectivity index (χ3v) is 10.3. The van der Waals surface area contributed by atoms with Crippen LogP contribution < -0.4 is 4.90 Å². The van der Waals surface area contributed by atoms with Gasteiger partial charge in [0.25, 0.3) is 0 Å². The molecule has 0 aliphatic heterocycles. The quantitative estimate of drug-likeness (QED) is 0.172. The van der Waals surface area contributed by atoms with Crippen LogP contribution in [0.25, 0.3) is 71.3 Å². The van der Waals surface area contributed by atoms with Crippen LogP contribution >= 0.6 is 0 Å². The molecule has 2 heteroatoms. The third kappa shape index (κ3) is 5.21. The summed E-state index contributed by atoms with van der Waals surface area (Å²) >= 11 is 0. The Bertz CT molecular complexity index is 2880. The topological polar surface area (TPSA) is 8.17 Å². The lowest BCUT2D eigenvalue weighted by Gasteiger charge is -2.26. The molecule has 0 amide bonds. The van der Waals surface area contributed by atoms with Gasteiger partial charge in [-0.2, -0.15) is 0 Å². The Morgan fingerprint density at radius 1 is 0.288 bits per heavy atom. The molecule has 0 saturated carbocycles. The molecule has 0 bridgehead atoms. The summed E-state index contributed by atoms with van der Waals surface area (Å²) in [7, 11) is 0. The van der Waals surface area contributed by atoms with Crippen LogP contribution in [0.2, 0.25) is 0 Å². The lowest BCUT2D eigenvalue weighted by molar-refractivity contribution is 1.17. The molecule has 0 aliphatic rings. The Balaban J connectivity index is 1.10. The highest BCUT2D eigenvalue weighted by Crippen LogP contribution is 2.40. The predicted octanol–water partition coefficient (Wildman–Crippen LogP) is 13.9. The van der Waals surface area contributed by atoms with Crippen molar-refractivity contribution >= 4 is 60.4 Å². The summed E-state index contributed by atoms with van der Waals surface area (Å²) in [6.07, 6.45) is 0. The van der Waals surface area contributed by atoms with Crippen LogP contribution in [-0.4, -0.2) is 4.57 Å². The number of benzene rings is 9. The largest absolute Gasteiger partial charge is 0.310 e. The number of fused-ring (bicyclic) bond motifs is 5. The van der Waals surface area contributed by atoms with Crippen molar-refractivity contribution in [2.24, 2.45) is 0 Å². The summed E-state index contributed by atoms with van der Waals surface area (Å²) in [5.74, 6) is 0. The van der Waals surface area contributed by atoms with E-state index in [1.165, 1.54) is 65.6 Å². The fourth-order valence-corrected chi connectivity index (χ4v) is 7.76. The van der Waals surface area contributed by atoms with Gasteiger partial charge in [-0.25, -0.2) is 0 Å². The van der Waals surface area contributed by atoms with Gasteiger partial charge < -0.3 is 9.47 Å². The summed E-state index contributed by atoms with van der Waals surface area (Å²) in [4.78, 5) is 2.36. The van der Waals surface area contributed by atoms with Crippen LogP contribution in [0.15, 0.2) is 206 Å². The maximum atomic E-state index is 2.40. The summed E-state index contributed by atoms with van der Waals surface area (Å²) in [5.41, 5.74) is 11.7. The number of hydrogen-bond donors (Lipinski definition) is 0. The van der Waals surface area contributed by atoms with Gasteiger partial charge in [-0.1, -0.05) is 133 Å². The van der Waals surface area contributed by atoms with Crippen molar-refractivity contribution in [1.82, 2.24) is 4.57 Å². The van der Waals surface area contributed by atoms with Gasteiger partial charge in [0, 0.05) is 33.5 Å². The average Bonchev–Trinajstić information content (AvgIpc) is 3.54. The minimum absolute atomic E-state index is 1.10. The minimum Gasteiger partial charge on any atom is -0.310 e. The van der Waals surface area contributed by atoms with Gasteiger partial charge in [-0.15, -0.1) is 0 Å². The van der Waals surface area contributed by atoms with E-state index in [0.29, 0.717) is 0 Å². The van der Waals surface area contributed by atoms with Crippen LogP contribution in [0.3, 0.4) is 0 Å². The Labute approximate surface area is 303 Å². The number of nitrogens with zero attached hydrogens (tertiary/aromatic N) is 2. The molecule has 0 unspecified atom stereocenters. The third-order valence-electron chi connectivity index (χ3n) is 10.3. The first-order valence-electron chi connectivity index (χ1n) is 17.8. The molecule has 0 spiro atoms. The highest BCUT2D eigenvalue weighted by atomic mass is 15.1. The Hall–Kier alpha value is -6.90. The van der Waals surface area contributed by atoms with Gasteiger partial charge in [0.05, 0.1) is 11.0 Å². The molecule has 10 aromatic rings. The van der Waals surface area contributed by atoms with Crippen LogP contribution in [0.4, 0.5) is 17.1 Å². The van der Waals surface area contributed by atoms with E-state index in [1.54, 1.807) is 0 Å². The molecule has 0 atom stereocenters. The van der Waals surface area contributed by atoms with Crippen molar-refractivity contribution in [2.45, 2.75) is 0 Å². The number of anilines is 3. The van der Waals surface area contributed by atoms with Crippen molar-refractivity contribution in [1.29, 1.82) is 0 Å². The first-order chi connectivity index (χ1) is 25.8. The monoisotopic (exact) mass is 662 g/mol. The molecule has 9 aromatic carbocycles. The SMILES string of the molecule is c1ccc(-c2ccc(N(c3ccc(-n4c5ccccc5c5cc6ccccc6cc54)cc3)c3cccc(-c4ccc5ccccc5c4)c3)cc2)cc1. The van der Waals surface area contributed by atoms with E-state index in [2.05, 4.69) is 216 Å².